The number of benzene rings is 3. The summed E-state index contributed by atoms with van der Waals surface area (Å²) in [6.45, 7) is 2.48. The normalized spacial score (nSPS) is 16.9. The second kappa shape index (κ2) is 13.1. The van der Waals surface area contributed by atoms with Crippen molar-refractivity contribution in [3.8, 4) is 0 Å². The highest BCUT2D eigenvalue weighted by atomic mass is 32.1. The zero-order valence-corrected chi connectivity index (χ0v) is 24.8. The molecule has 5 nitrogen and oxygen atoms in total. The highest BCUT2D eigenvalue weighted by Gasteiger charge is 2.27. The Kier molecular flexibility index (Phi) is 8.85. The molecule has 4 aromatic rings. The van der Waals surface area contributed by atoms with Crippen LogP contribution in [-0.2, 0) is 6.54 Å². The predicted octanol–water partition coefficient (Wildman–Crippen LogP) is 7.46. The summed E-state index contributed by atoms with van der Waals surface area (Å²) in [5.74, 6) is 0.845. The summed E-state index contributed by atoms with van der Waals surface area (Å²) >= 11 is 5.96. The van der Waals surface area contributed by atoms with Crippen LogP contribution in [0.25, 0.3) is 11.0 Å². The highest BCUT2D eigenvalue weighted by molar-refractivity contribution is 7.80. The fraction of sp³-hybridized carbons (Fsp3) is 0.429. The average Bonchev–Trinajstić information content (AvgIpc) is 3.32. The van der Waals surface area contributed by atoms with Gasteiger partial charge in [-0.25, -0.2) is 4.79 Å². The van der Waals surface area contributed by atoms with E-state index in [0.717, 1.165) is 61.0 Å². The molecule has 2 aliphatic rings. The topological polar surface area (TPSA) is 42.2 Å². The number of aromatic nitrogens is 2. The lowest BCUT2D eigenvalue weighted by molar-refractivity contribution is 0.262. The van der Waals surface area contributed by atoms with Gasteiger partial charge in [-0.3, -0.25) is 9.13 Å². The van der Waals surface area contributed by atoms with Crippen molar-refractivity contribution in [2.45, 2.75) is 76.4 Å². The molecule has 1 saturated carbocycles. The Morgan fingerprint density at radius 1 is 0.780 bits per heavy atom. The summed E-state index contributed by atoms with van der Waals surface area (Å²) in [5, 5.41) is 4.43. The van der Waals surface area contributed by atoms with Crippen molar-refractivity contribution >= 4 is 28.4 Å². The van der Waals surface area contributed by atoms with Crippen molar-refractivity contribution in [2.24, 2.45) is 5.92 Å². The van der Waals surface area contributed by atoms with E-state index < -0.39 is 0 Å². The third kappa shape index (κ3) is 6.28. The maximum atomic E-state index is 13.8. The summed E-state index contributed by atoms with van der Waals surface area (Å²) in [5.41, 5.74) is 4.69. The minimum absolute atomic E-state index is 0.00294. The lowest BCUT2D eigenvalue weighted by Gasteiger charge is -2.35. The highest BCUT2D eigenvalue weighted by Crippen LogP contribution is 2.29. The van der Waals surface area contributed by atoms with E-state index in [-0.39, 0.29) is 17.8 Å². The number of nitrogens with zero attached hydrogens (tertiary/aromatic N) is 3. The summed E-state index contributed by atoms with van der Waals surface area (Å²) in [6.07, 6.45) is 11.0. The van der Waals surface area contributed by atoms with Gasteiger partial charge in [0.2, 0.25) is 0 Å². The van der Waals surface area contributed by atoms with Crippen LogP contribution in [-0.4, -0.2) is 32.2 Å². The number of imidazole rings is 1. The first-order valence-corrected chi connectivity index (χ1v) is 15.9. The molecule has 2 heterocycles. The molecule has 0 unspecified atom stereocenters. The molecule has 6 rings (SSSR count). The van der Waals surface area contributed by atoms with E-state index in [0.29, 0.717) is 0 Å². The van der Waals surface area contributed by atoms with Crippen molar-refractivity contribution in [3.63, 3.8) is 0 Å². The van der Waals surface area contributed by atoms with Gasteiger partial charge in [0.1, 0.15) is 0 Å². The van der Waals surface area contributed by atoms with E-state index in [9.17, 15) is 4.79 Å². The van der Waals surface area contributed by atoms with Gasteiger partial charge < -0.3 is 10.2 Å². The zero-order valence-electron chi connectivity index (χ0n) is 24.0. The number of aryl methyl sites for hydroxylation is 1. The molecule has 1 aliphatic heterocycles. The van der Waals surface area contributed by atoms with Gasteiger partial charge in [0, 0.05) is 25.7 Å². The van der Waals surface area contributed by atoms with Crippen molar-refractivity contribution in [1.29, 1.82) is 0 Å². The third-order valence-corrected chi connectivity index (χ3v) is 9.61. The van der Waals surface area contributed by atoms with Crippen molar-refractivity contribution in [2.75, 3.05) is 13.1 Å². The number of fused-ring (bicyclic) bond motifs is 1. The van der Waals surface area contributed by atoms with Gasteiger partial charge in [0.15, 0.2) is 5.11 Å². The second-order valence-electron chi connectivity index (χ2n) is 11.9. The molecule has 0 radical (unpaired) electrons. The Labute approximate surface area is 249 Å². The Morgan fingerprint density at radius 3 is 2.00 bits per heavy atom. The standard InChI is InChI=1S/C35H42N4OS/c40-35-38(24-12-15-27-13-4-1-5-14-27)31-20-10-11-21-32(31)39(35)30-22-25-37(26-23-30)34(41)36-33(28-16-6-2-7-17-28)29-18-8-3-9-19-29/h2-3,6-11,16-21,27,30,33H,1,4-5,12-15,22-26H2,(H,36,41). The number of thiocarbonyl (C=S) groups is 1. The van der Waals surface area contributed by atoms with Crippen molar-refractivity contribution in [3.05, 3.63) is 107 Å². The second-order valence-corrected chi connectivity index (χ2v) is 12.2. The molecular weight excluding hydrogens is 524 g/mol. The molecule has 0 bridgehead atoms. The smallest absolute Gasteiger partial charge is 0.329 e. The fourth-order valence-corrected chi connectivity index (χ4v) is 7.31. The van der Waals surface area contributed by atoms with Crippen LogP contribution in [0.5, 0.6) is 0 Å². The summed E-state index contributed by atoms with van der Waals surface area (Å²) < 4.78 is 4.13. The number of likely N-dealkylation sites (tertiary alicyclic amines) is 1. The van der Waals surface area contributed by atoms with Gasteiger partial charge in [0.25, 0.3) is 0 Å². The van der Waals surface area contributed by atoms with Crippen molar-refractivity contribution in [1.82, 2.24) is 19.4 Å². The molecule has 1 saturated heterocycles. The molecule has 1 aromatic heterocycles. The van der Waals surface area contributed by atoms with E-state index >= 15 is 0 Å². The van der Waals surface area contributed by atoms with E-state index in [1.165, 1.54) is 49.7 Å². The maximum absolute atomic E-state index is 13.8. The van der Waals surface area contributed by atoms with Gasteiger partial charge in [-0.05, 0) is 67.1 Å². The SMILES string of the molecule is O=c1n(CCCC2CCCCC2)c2ccccc2n1C1CCN(C(=S)NC(c2ccccc2)c2ccccc2)CC1. The quantitative estimate of drug-likeness (QED) is 0.225. The third-order valence-electron chi connectivity index (χ3n) is 9.24. The number of piperidine rings is 1. The van der Waals surface area contributed by atoms with Gasteiger partial charge in [-0.15, -0.1) is 0 Å². The summed E-state index contributed by atoms with van der Waals surface area (Å²) in [6, 6.07) is 29.5. The molecule has 0 amide bonds. The van der Waals surface area contributed by atoms with Gasteiger partial charge in [0.05, 0.1) is 17.1 Å². The largest absolute Gasteiger partial charge is 0.352 e. The molecule has 0 spiro atoms. The van der Waals surface area contributed by atoms with Crippen LogP contribution < -0.4 is 11.0 Å². The molecule has 214 valence electrons. The van der Waals surface area contributed by atoms with Crippen LogP contribution in [0.15, 0.2) is 89.7 Å². The Bertz CT molecular complexity index is 1440. The van der Waals surface area contributed by atoms with Crippen LogP contribution in [0.4, 0.5) is 0 Å². The van der Waals surface area contributed by atoms with E-state index in [1.54, 1.807) is 0 Å². The summed E-state index contributed by atoms with van der Waals surface area (Å²) in [4.78, 5) is 16.1. The maximum Gasteiger partial charge on any atom is 0.329 e. The number of para-hydroxylation sites is 2. The monoisotopic (exact) mass is 566 g/mol. The zero-order chi connectivity index (χ0) is 28.0. The number of hydrogen-bond acceptors (Lipinski definition) is 2. The molecule has 1 N–H and O–H groups in total. The molecule has 41 heavy (non-hydrogen) atoms. The van der Waals surface area contributed by atoms with Crippen LogP contribution in [0.1, 0.15) is 81.0 Å². The van der Waals surface area contributed by atoms with Gasteiger partial charge in [-0.1, -0.05) is 105 Å². The molecular formula is C35H42N4OS. The molecule has 1 aliphatic carbocycles. The Balaban J connectivity index is 1.13. The van der Waals surface area contributed by atoms with Gasteiger partial charge >= 0.3 is 5.69 Å². The number of rotatable bonds is 8. The summed E-state index contributed by atoms with van der Waals surface area (Å²) in [7, 11) is 0. The van der Waals surface area contributed by atoms with Crippen LogP contribution in [0.3, 0.4) is 0 Å². The molecule has 2 fully saturated rings. The number of nitrogens with one attached hydrogen (secondary N) is 1. The van der Waals surface area contributed by atoms with Crippen LogP contribution in [0, 0.1) is 5.92 Å². The molecule has 0 atom stereocenters. The number of hydrogen-bond donors (Lipinski definition) is 1. The fourth-order valence-electron chi connectivity index (χ4n) is 7.01. The Hall–Kier alpha value is -3.38. The lowest BCUT2D eigenvalue weighted by Crippen LogP contribution is -2.46. The first kappa shape index (κ1) is 27.8. The van der Waals surface area contributed by atoms with Gasteiger partial charge in [-0.2, -0.15) is 0 Å². The first-order valence-electron chi connectivity index (χ1n) is 15.5. The van der Waals surface area contributed by atoms with E-state index in [1.807, 2.05) is 16.7 Å². The minimum atomic E-state index is -0.00294. The minimum Gasteiger partial charge on any atom is -0.352 e. The Morgan fingerprint density at radius 2 is 1.37 bits per heavy atom. The van der Waals surface area contributed by atoms with E-state index in [4.69, 9.17) is 12.2 Å². The van der Waals surface area contributed by atoms with Crippen molar-refractivity contribution < 1.29 is 0 Å². The lowest BCUT2D eigenvalue weighted by atomic mass is 9.86. The van der Waals surface area contributed by atoms with E-state index in [2.05, 4.69) is 87.6 Å². The first-order chi connectivity index (χ1) is 20.2. The van der Waals surface area contributed by atoms with Crippen LogP contribution in [0.2, 0.25) is 0 Å². The molecule has 3 aromatic carbocycles. The van der Waals surface area contributed by atoms with Crippen LogP contribution >= 0.6 is 12.2 Å². The average molecular weight is 567 g/mol. The molecule has 6 heteroatoms. The predicted molar refractivity (Wildman–Crippen MR) is 172 cm³/mol.